The van der Waals surface area contributed by atoms with Gasteiger partial charge in [-0.2, -0.15) is 0 Å². The van der Waals surface area contributed by atoms with Gasteiger partial charge >= 0.3 is 5.97 Å². The number of likely N-dealkylation sites (tertiary alicyclic amines) is 1. The Labute approximate surface area is 107 Å². The van der Waals surface area contributed by atoms with E-state index in [1.54, 1.807) is 12.1 Å². The molecule has 3 rings (SSSR count). The molecule has 2 fully saturated rings. The summed E-state index contributed by atoms with van der Waals surface area (Å²) < 4.78 is 0. The second-order valence-electron chi connectivity index (χ2n) is 5.86. The fraction of sp³-hybridized carbons (Fsp3) is 0.533. The average Bonchev–Trinajstić information content (AvgIpc) is 2.78. The molecule has 0 bridgehead atoms. The van der Waals surface area contributed by atoms with Crippen LogP contribution in [0, 0.1) is 5.41 Å². The van der Waals surface area contributed by atoms with Gasteiger partial charge in [-0.15, -0.1) is 0 Å². The number of hydrogen-bond donors (Lipinski definition) is 1. The maximum absolute atomic E-state index is 10.9. The normalized spacial score (nSPS) is 22.0. The lowest BCUT2D eigenvalue weighted by Gasteiger charge is -2.48. The SMILES string of the molecule is O=C(O)c1cccc(CN2CC3(CCCC3)C2)c1. The average molecular weight is 245 g/mol. The van der Waals surface area contributed by atoms with Gasteiger partial charge in [0.05, 0.1) is 5.56 Å². The van der Waals surface area contributed by atoms with Gasteiger partial charge in [0.1, 0.15) is 0 Å². The lowest BCUT2D eigenvalue weighted by Crippen LogP contribution is -2.54. The predicted molar refractivity (Wildman–Crippen MR) is 69.6 cm³/mol. The summed E-state index contributed by atoms with van der Waals surface area (Å²) in [6.07, 6.45) is 5.56. The Bertz CT molecular complexity index is 455. The zero-order valence-electron chi connectivity index (χ0n) is 10.6. The highest BCUT2D eigenvalue weighted by atomic mass is 16.4. The third kappa shape index (κ3) is 2.15. The Balaban J connectivity index is 1.61. The number of aromatic carboxylic acids is 1. The van der Waals surface area contributed by atoms with Crippen LogP contribution in [-0.4, -0.2) is 29.1 Å². The van der Waals surface area contributed by atoms with E-state index >= 15 is 0 Å². The van der Waals surface area contributed by atoms with Crippen molar-refractivity contribution in [2.45, 2.75) is 32.2 Å². The number of rotatable bonds is 3. The first kappa shape index (κ1) is 11.7. The van der Waals surface area contributed by atoms with Crippen LogP contribution in [0.3, 0.4) is 0 Å². The van der Waals surface area contributed by atoms with E-state index in [2.05, 4.69) is 4.90 Å². The van der Waals surface area contributed by atoms with Crippen LogP contribution >= 0.6 is 0 Å². The number of carboxylic acids is 1. The molecule has 2 aliphatic rings. The van der Waals surface area contributed by atoms with Crippen LogP contribution in [-0.2, 0) is 6.54 Å². The first-order valence-corrected chi connectivity index (χ1v) is 6.72. The lowest BCUT2D eigenvalue weighted by atomic mass is 9.78. The molecule has 1 aromatic carbocycles. The van der Waals surface area contributed by atoms with Gasteiger partial charge in [0.25, 0.3) is 0 Å². The van der Waals surface area contributed by atoms with Crippen molar-refractivity contribution in [3.63, 3.8) is 0 Å². The smallest absolute Gasteiger partial charge is 0.335 e. The molecule has 0 atom stereocenters. The largest absolute Gasteiger partial charge is 0.478 e. The van der Waals surface area contributed by atoms with Crippen molar-refractivity contribution >= 4 is 5.97 Å². The Morgan fingerprint density at radius 2 is 2.00 bits per heavy atom. The molecular formula is C15H19NO2. The molecule has 1 spiro atoms. The van der Waals surface area contributed by atoms with Crippen molar-refractivity contribution in [3.8, 4) is 0 Å². The van der Waals surface area contributed by atoms with Crippen molar-refractivity contribution in [3.05, 3.63) is 35.4 Å². The first-order chi connectivity index (χ1) is 8.67. The van der Waals surface area contributed by atoms with Crippen molar-refractivity contribution in [1.29, 1.82) is 0 Å². The second kappa shape index (κ2) is 4.39. The van der Waals surface area contributed by atoms with Gasteiger partial charge in [0.2, 0.25) is 0 Å². The molecule has 1 heterocycles. The molecule has 0 aromatic heterocycles. The van der Waals surface area contributed by atoms with E-state index in [4.69, 9.17) is 5.11 Å². The Morgan fingerprint density at radius 1 is 1.28 bits per heavy atom. The second-order valence-corrected chi connectivity index (χ2v) is 5.86. The van der Waals surface area contributed by atoms with Crippen LogP contribution in [0.4, 0.5) is 0 Å². The lowest BCUT2D eigenvalue weighted by molar-refractivity contribution is -0.000275. The fourth-order valence-electron chi connectivity index (χ4n) is 3.52. The molecule has 1 saturated carbocycles. The third-order valence-electron chi connectivity index (χ3n) is 4.36. The van der Waals surface area contributed by atoms with E-state index < -0.39 is 5.97 Å². The predicted octanol–water partition coefficient (Wildman–Crippen LogP) is 2.76. The molecule has 0 radical (unpaired) electrons. The summed E-state index contributed by atoms with van der Waals surface area (Å²) in [6.45, 7) is 3.29. The first-order valence-electron chi connectivity index (χ1n) is 6.72. The molecule has 1 aliphatic heterocycles. The zero-order chi connectivity index (χ0) is 12.6. The fourth-order valence-corrected chi connectivity index (χ4v) is 3.52. The molecule has 1 aromatic rings. The number of benzene rings is 1. The molecular weight excluding hydrogens is 226 g/mol. The van der Waals surface area contributed by atoms with Crippen LogP contribution in [0.15, 0.2) is 24.3 Å². The van der Waals surface area contributed by atoms with Gasteiger partial charge in [-0.3, -0.25) is 4.90 Å². The van der Waals surface area contributed by atoms with Gasteiger partial charge in [-0.25, -0.2) is 4.79 Å². The summed E-state index contributed by atoms with van der Waals surface area (Å²) in [5.41, 5.74) is 2.12. The Kier molecular flexibility index (Phi) is 2.86. The molecule has 1 aliphatic carbocycles. The molecule has 18 heavy (non-hydrogen) atoms. The van der Waals surface area contributed by atoms with E-state index in [1.807, 2.05) is 12.1 Å². The minimum absolute atomic E-state index is 0.392. The molecule has 3 heteroatoms. The Hall–Kier alpha value is -1.35. The number of carbonyl (C=O) groups is 1. The van der Waals surface area contributed by atoms with E-state index in [0.717, 1.165) is 12.1 Å². The molecule has 0 amide bonds. The summed E-state index contributed by atoms with van der Waals surface area (Å²) >= 11 is 0. The van der Waals surface area contributed by atoms with Gasteiger partial charge in [0.15, 0.2) is 0 Å². The highest BCUT2D eigenvalue weighted by molar-refractivity contribution is 5.87. The van der Waals surface area contributed by atoms with Crippen LogP contribution < -0.4 is 0 Å². The minimum atomic E-state index is -0.840. The monoisotopic (exact) mass is 245 g/mol. The third-order valence-corrected chi connectivity index (χ3v) is 4.36. The summed E-state index contributed by atoms with van der Waals surface area (Å²) in [5.74, 6) is -0.840. The molecule has 1 saturated heterocycles. The van der Waals surface area contributed by atoms with Crippen molar-refractivity contribution in [1.82, 2.24) is 4.90 Å². The van der Waals surface area contributed by atoms with Crippen LogP contribution in [0.1, 0.15) is 41.6 Å². The topological polar surface area (TPSA) is 40.5 Å². The summed E-state index contributed by atoms with van der Waals surface area (Å²) in [6, 6.07) is 7.30. The molecule has 3 nitrogen and oxygen atoms in total. The van der Waals surface area contributed by atoms with E-state index in [0.29, 0.717) is 11.0 Å². The highest BCUT2D eigenvalue weighted by Crippen LogP contribution is 2.45. The number of carboxylic acid groups (broad SMARTS) is 1. The van der Waals surface area contributed by atoms with Gasteiger partial charge in [-0.05, 0) is 36.0 Å². The Morgan fingerprint density at radius 3 is 2.67 bits per heavy atom. The van der Waals surface area contributed by atoms with Crippen LogP contribution in [0.25, 0.3) is 0 Å². The van der Waals surface area contributed by atoms with Crippen molar-refractivity contribution in [2.75, 3.05) is 13.1 Å². The van der Waals surface area contributed by atoms with Gasteiger partial charge < -0.3 is 5.11 Å². The van der Waals surface area contributed by atoms with Crippen molar-refractivity contribution in [2.24, 2.45) is 5.41 Å². The minimum Gasteiger partial charge on any atom is -0.478 e. The summed E-state index contributed by atoms with van der Waals surface area (Å²) in [5, 5.41) is 8.97. The number of nitrogens with zero attached hydrogens (tertiary/aromatic N) is 1. The summed E-state index contributed by atoms with van der Waals surface area (Å²) in [7, 11) is 0. The maximum atomic E-state index is 10.9. The van der Waals surface area contributed by atoms with Crippen molar-refractivity contribution < 1.29 is 9.90 Å². The molecule has 0 unspecified atom stereocenters. The number of hydrogen-bond acceptors (Lipinski definition) is 2. The zero-order valence-corrected chi connectivity index (χ0v) is 10.6. The van der Waals surface area contributed by atoms with Gasteiger partial charge in [-0.1, -0.05) is 25.0 Å². The van der Waals surface area contributed by atoms with Crippen LogP contribution in [0.2, 0.25) is 0 Å². The van der Waals surface area contributed by atoms with E-state index in [9.17, 15) is 4.79 Å². The standard InChI is InChI=1S/C15H19NO2/c17-14(18)13-5-3-4-12(8-13)9-16-10-15(11-16)6-1-2-7-15/h3-5,8H,1-2,6-7,9-11H2,(H,17,18). The highest BCUT2D eigenvalue weighted by Gasteiger charge is 2.44. The molecule has 1 N–H and O–H groups in total. The quantitative estimate of drug-likeness (QED) is 0.890. The maximum Gasteiger partial charge on any atom is 0.335 e. The summed E-state index contributed by atoms with van der Waals surface area (Å²) in [4.78, 5) is 13.3. The van der Waals surface area contributed by atoms with E-state index in [-0.39, 0.29) is 0 Å². The van der Waals surface area contributed by atoms with Crippen LogP contribution in [0.5, 0.6) is 0 Å². The van der Waals surface area contributed by atoms with Gasteiger partial charge in [0, 0.05) is 19.6 Å². The van der Waals surface area contributed by atoms with E-state index in [1.165, 1.54) is 38.8 Å². The molecule has 96 valence electrons.